The number of likely N-dealkylation sites (N-methyl/N-ethyl adjacent to an activating group) is 1. The van der Waals surface area contributed by atoms with Gasteiger partial charge in [0, 0.05) is 49.2 Å². The Bertz CT molecular complexity index is 1450. The van der Waals surface area contributed by atoms with Gasteiger partial charge in [0.1, 0.15) is 11.6 Å². The molecular weight excluding hydrogens is 466 g/mol. The van der Waals surface area contributed by atoms with Gasteiger partial charge in [0.25, 0.3) is 5.56 Å². The normalized spacial score (nSPS) is 14.7. The number of hydrogen-bond acceptors (Lipinski definition) is 9. The fourth-order valence-corrected chi connectivity index (χ4v) is 4.69. The summed E-state index contributed by atoms with van der Waals surface area (Å²) in [6.45, 7) is 3.44. The molecule has 35 heavy (non-hydrogen) atoms. The van der Waals surface area contributed by atoms with E-state index in [0.29, 0.717) is 11.1 Å². The zero-order chi connectivity index (χ0) is 25.0. The predicted molar refractivity (Wildman–Crippen MR) is 135 cm³/mol. The fraction of sp³-hybridized carbons (Fsp3) is 0.250. The quantitative estimate of drug-likeness (QED) is 0.394. The minimum absolute atomic E-state index is 0.0269. The van der Waals surface area contributed by atoms with Gasteiger partial charge < -0.3 is 9.80 Å². The number of benzene rings is 2. The molecule has 180 valence electrons. The molecule has 10 nitrogen and oxygen atoms in total. The average molecular weight is 492 g/mol. The number of piperazine rings is 1. The van der Waals surface area contributed by atoms with Crippen LogP contribution in [-0.2, 0) is 9.84 Å². The summed E-state index contributed by atoms with van der Waals surface area (Å²) >= 11 is 0. The van der Waals surface area contributed by atoms with Crippen LogP contribution < -0.4 is 15.9 Å². The maximum Gasteiger partial charge on any atom is 0.270 e. The first kappa shape index (κ1) is 24.1. The largest absolute Gasteiger partial charge is 0.369 e. The molecule has 0 saturated carbocycles. The highest BCUT2D eigenvalue weighted by Gasteiger charge is 2.19. The van der Waals surface area contributed by atoms with Crippen LogP contribution in [-0.4, -0.2) is 69.0 Å². The molecule has 0 amide bonds. The van der Waals surface area contributed by atoms with E-state index in [0.717, 1.165) is 38.1 Å². The number of H-pyrrole nitrogens is 1. The van der Waals surface area contributed by atoms with Crippen LogP contribution in [0.2, 0.25) is 0 Å². The Morgan fingerprint density at radius 3 is 2.51 bits per heavy atom. The first-order valence-corrected chi connectivity index (χ1v) is 12.8. The maximum absolute atomic E-state index is 12.5. The number of aromatic nitrogens is 2. The smallest absolute Gasteiger partial charge is 0.270 e. The minimum atomic E-state index is -3.52. The number of nitrogens with zero attached hydrogens (tertiary/aromatic N) is 5. The molecule has 2 N–H and O–H groups in total. The lowest BCUT2D eigenvalue weighted by Gasteiger charge is -2.34. The number of sulfone groups is 1. The number of rotatable bonds is 6. The van der Waals surface area contributed by atoms with Crippen LogP contribution >= 0.6 is 0 Å². The summed E-state index contributed by atoms with van der Waals surface area (Å²) in [5.41, 5.74) is 4.01. The van der Waals surface area contributed by atoms with Gasteiger partial charge in [-0.15, -0.1) is 0 Å². The predicted octanol–water partition coefficient (Wildman–Crippen LogP) is 1.91. The molecule has 2 heterocycles. The molecule has 0 aliphatic carbocycles. The summed E-state index contributed by atoms with van der Waals surface area (Å²) in [4.78, 5) is 23.7. The van der Waals surface area contributed by atoms with E-state index in [4.69, 9.17) is 0 Å². The van der Waals surface area contributed by atoms with Crippen LogP contribution in [0.5, 0.6) is 0 Å². The van der Waals surface area contributed by atoms with Crippen LogP contribution in [0, 0.1) is 11.3 Å². The molecule has 11 heteroatoms. The molecule has 1 aliphatic rings. The van der Waals surface area contributed by atoms with E-state index in [-0.39, 0.29) is 22.1 Å². The van der Waals surface area contributed by atoms with Crippen molar-refractivity contribution in [3.8, 4) is 17.3 Å². The molecule has 4 rings (SSSR count). The summed E-state index contributed by atoms with van der Waals surface area (Å²) in [7, 11) is -1.46. The molecule has 0 spiro atoms. The summed E-state index contributed by atoms with van der Waals surface area (Å²) < 4.78 is 25.0. The lowest BCUT2D eigenvalue weighted by atomic mass is 10.1. The van der Waals surface area contributed by atoms with Gasteiger partial charge in [-0.3, -0.25) is 9.78 Å². The maximum atomic E-state index is 12.5. The first-order chi connectivity index (χ1) is 16.8. The Kier molecular flexibility index (Phi) is 6.95. The van der Waals surface area contributed by atoms with E-state index in [2.05, 4.69) is 37.3 Å². The van der Waals surface area contributed by atoms with E-state index in [1.807, 2.05) is 18.2 Å². The van der Waals surface area contributed by atoms with E-state index in [1.54, 1.807) is 36.4 Å². The molecule has 0 bridgehead atoms. The van der Waals surface area contributed by atoms with E-state index in [9.17, 15) is 18.5 Å². The molecule has 0 atom stereocenters. The average Bonchev–Trinajstić information content (AvgIpc) is 2.84. The molecule has 3 aromatic rings. The van der Waals surface area contributed by atoms with Gasteiger partial charge in [-0.2, -0.15) is 10.4 Å². The second-order valence-corrected chi connectivity index (χ2v) is 10.3. The van der Waals surface area contributed by atoms with E-state index in [1.165, 1.54) is 6.21 Å². The van der Waals surface area contributed by atoms with Gasteiger partial charge in [-0.25, -0.2) is 18.8 Å². The summed E-state index contributed by atoms with van der Waals surface area (Å²) in [5, 5.41) is 13.5. The lowest BCUT2D eigenvalue weighted by Crippen LogP contribution is -2.44. The van der Waals surface area contributed by atoms with Crippen molar-refractivity contribution in [3.05, 3.63) is 70.0 Å². The highest BCUT2D eigenvalue weighted by molar-refractivity contribution is 7.90. The molecule has 1 fully saturated rings. The Balaban J connectivity index is 1.61. The minimum Gasteiger partial charge on any atom is -0.369 e. The molecule has 1 aliphatic heterocycles. The Morgan fingerprint density at radius 1 is 1.14 bits per heavy atom. The highest BCUT2D eigenvalue weighted by atomic mass is 32.2. The van der Waals surface area contributed by atoms with Crippen molar-refractivity contribution in [1.82, 2.24) is 14.9 Å². The fourth-order valence-electron chi connectivity index (χ4n) is 3.81. The van der Waals surface area contributed by atoms with Crippen molar-refractivity contribution >= 4 is 27.7 Å². The van der Waals surface area contributed by atoms with Crippen molar-refractivity contribution < 1.29 is 8.42 Å². The van der Waals surface area contributed by atoms with Crippen LogP contribution in [0.25, 0.3) is 11.3 Å². The summed E-state index contributed by atoms with van der Waals surface area (Å²) in [5.74, 6) is 0.0269. The molecular formula is C24H25N7O3S. The lowest BCUT2D eigenvalue weighted by molar-refractivity contribution is 0.313. The topological polar surface area (TPSA) is 135 Å². The third kappa shape index (κ3) is 5.56. The van der Waals surface area contributed by atoms with Crippen molar-refractivity contribution in [2.45, 2.75) is 4.90 Å². The van der Waals surface area contributed by atoms with Gasteiger partial charge >= 0.3 is 0 Å². The summed E-state index contributed by atoms with van der Waals surface area (Å²) in [6.07, 6.45) is 2.52. The molecule has 2 aromatic carbocycles. The summed E-state index contributed by atoms with van der Waals surface area (Å²) in [6, 6.07) is 16.0. The number of nitrogens with one attached hydrogen (secondary N) is 2. The van der Waals surface area contributed by atoms with Crippen molar-refractivity contribution in [3.63, 3.8) is 0 Å². The Labute approximate surface area is 203 Å². The third-order valence-electron chi connectivity index (χ3n) is 5.72. The number of nitriles is 1. The molecule has 0 radical (unpaired) electrons. The van der Waals surface area contributed by atoms with Crippen molar-refractivity contribution in [1.29, 1.82) is 5.26 Å². The monoisotopic (exact) mass is 491 g/mol. The van der Waals surface area contributed by atoms with Crippen LogP contribution in [0.1, 0.15) is 11.1 Å². The number of hydrazone groups is 1. The number of anilines is 2. The zero-order valence-corrected chi connectivity index (χ0v) is 20.2. The molecule has 1 saturated heterocycles. The van der Waals surface area contributed by atoms with Gasteiger partial charge in [0.15, 0.2) is 9.84 Å². The van der Waals surface area contributed by atoms with Gasteiger partial charge in [-0.05, 0) is 25.2 Å². The number of hydrogen-bond donors (Lipinski definition) is 2. The van der Waals surface area contributed by atoms with Crippen LogP contribution in [0.15, 0.2) is 63.3 Å². The SMILES string of the molecule is CN1CCN(c2ccc(C=NNc3nc(-c4ccccc4)c(C#N)c(=O)[nH]3)c(S(C)(=O)=O)c2)CC1. The van der Waals surface area contributed by atoms with Crippen LogP contribution in [0.3, 0.4) is 0 Å². The van der Waals surface area contributed by atoms with E-state index < -0.39 is 15.4 Å². The Hall–Kier alpha value is -4.01. The van der Waals surface area contributed by atoms with Gasteiger partial charge in [0.05, 0.1) is 16.8 Å². The highest BCUT2D eigenvalue weighted by Crippen LogP contribution is 2.24. The van der Waals surface area contributed by atoms with Gasteiger partial charge in [0.2, 0.25) is 5.95 Å². The first-order valence-electron chi connectivity index (χ1n) is 10.9. The van der Waals surface area contributed by atoms with E-state index >= 15 is 0 Å². The third-order valence-corrected chi connectivity index (χ3v) is 6.87. The standard InChI is InChI=1S/C24H25N7O3S/c1-30-10-12-31(13-11-30)19-9-8-18(21(14-19)35(2,33)34)16-26-29-24-27-22(17-6-4-3-5-7-17)20(15-25)23(32)28-24/h3-9,14,16H,10-13H2,1-2H3,(H2,27,28,29,32). The second-order valence-electron chi connectivity index (χ2n) is 8.27. The van der Waals surface area contributed by atoms with Gasteiger partial charge in [-0.1, -0.05) is 30.3 Å². The molecule has 0 unspecified atom stereocenters. The number of aromatic amines is 1. The molecule has 1 aromatic heterocycles. The Morgan fingerprint density at radius 2 is 1.86 bits per heavy atom. The van der Waals surface area contributed by atoms with Crippen LogP contribution in [0.4, 0.5) is 11.6 Å². The second kappa shape index (κ2) is 10.1. The zero-order valence-electron chi connectivity index (χ0n) is 19.4. The van der Waals surface area contributed by atoms with Crippen molar-refractivity contribution in [2.24, 2.45) is 5.10 Å². The van der Waals surface area contributed by atoms with Crippen molar-refractivity contribution in [2.75, 3.05) is 49.8 Å².